The van der Waals surface area contributed by atoms with Crippen LogP contribution in [0.5, 0.6) is 5.75 Å². The van der Waals surface area contributed by atoms with E-state index < -0.39 is 4.92 Å². The van der Waals surface area contributed by atoms with Crippen molar-refractivity contribution >= 4 is 21.6 Å². The van der Waals surface area contributed by atoms with Crippen molar-refractivity contribution in [1.29, 1.82) is 0 Å². The molecule has 0 aliphatic carbocycles. The number of aromatic nitrogens is 2. The molecule has 0 aliphatic rings. The highest BCUT2D eigenvalue weighted by atomic mass is 79.9. The Morgan fingerprint density at radius 3 is 2.85 bits per heavy atom. The lowest BCUT2D eigenvalue weighted by Gasteiger charge is -2.05. The second kappa shape index (κ2) is 6.00. The van der Waals surface area contributed by atoms with Crippen LogP contribution in [0.4, 0.5) is 5.69 Å². The van der Waals surface area contributed by atoms with Gasteiger partial charge in [0.2, 0.25) is 11.6 Å². The molecule has 20 heavy (non-hydrogen) atoms. The largest absolute Gasteiger partial charge is 0.490 e. The first-order valence-electron chi connectivity index (χ1n) is 5.87. The van der Waals surface area contributed by atoms with Gasteiger partial charge in [0.25, 0.3) is 5.89 Å². The first kappa shape index (κ1) is 14.4. The van der Waals surface area contributed by atoms with Crippen molar-refractivity contribution in [1.82, 2.24) is 10.2 Å². The van der Waals surface area contributed by atoms with Crippen LogP contribution >= 0.6 is 15.9 Å². The summed E-state index contributed by atoms with van der Waals surface area (Å²) in [4.78, 5) is 10.4. The number of benzene rings is 1. The Balaban J connectivity index is 2.50. The van der Waals surface area contributed by atoms with Crippen molar-refractivity contribution in [3.63, 3.8) is 0 Å². The van der Waals surface area contributed by atoms with E-state index >= 15 is 0 Å². The van der Waals surface area contributed by atoms with Gasteiger partial charge in [0, 0.05) is 6.07 Å². The number of hydrogen-bond donors (Lipinski definition) is 0. The molecule has 0 bridgehead atoms. The van der Waals surface area contributed by atoms with Crippen LogP contribution in [0.2, 0.25) is 0 Å². The molecule has 0 saturated carbocycles. The zero-order valence-corrected chi connectivity index (χ0v) is 12.5. The second-order valence-electron chi connectivity index (χ2n) is 3.94. The third-order valence-corrected chi connectivity index (χ3v) is 3.73. The third kappa shape index (κ3) is 2.64. The SMILES string of the molecule is CCC(Br)c1nnc(-c2cccc([N+](=O)[O-])c2OC)o1. The predicted molar refractivity (Wildman–Crippen MR) is 74.9 cm³/mol. The van der Waals surface area contributed by atoms with Gasteiger partial charge in [-0.1, -0.05) is 28.9 Å². The van der Waals surface area contributed by atoms with E-state index in [0.717, 1.165) is 6.42 Å². The molecule has 2 aromatic rings. The van der Waals surface area contributed by atoms with Gasteiger partial charge in [0.15, 0.2) is 0 Å². The Kier molecular flexibility index (Phi) is 4.33. The fraction of sp³-hybridized carbons (Fsp3) is 0.333. The summed E-state index contributed by atoms with van der Waals surface area (Å²) in [6, 6.07) is 4.54. The monoisotopic (exact) mass is 341 g/mol. The van der Waals surface area contributed by atoms with Crippen molar-refractivity contribution in [3.05, 3.63) is 34.2 Å². The van der Waals surface area contributed by atoms with Gasteiger partial charge in [0.1, 0.15) is 0 Å². The highest BCUT2D eigenvalue weighted by Gasteiger charge is 2.23. The Morgan fingerprint density at radius 2 is 2.25 bits per heavy atom. The summed E-state index contributed by atoms with van der Waals surface area (Å²) in [5.74, 6) is 0.727. The molecule has 106 valence electrons. The molecular weight excluding hydrogens is 330 g/mol. The Hall–Kier alpha value is -1.96. The van der Waals surface area contributed by atoms with Gasteiger partial charge in [-0.15, -0.1) is 10.2 Å². The minimum atomic E-state index is -0.515. The normalized spacial score (nSPS) is 12.2. The summed E-state index contributed by atoms with van der Waals surface area (Å²) >= 11 is 3.41. The number of nitrogens with zero attached hydrogens (tertiary/aromatic N) is 3. The lowest BCUT2D eigenvalue weighted by Crippen LogP contribution is -1.95. The molecule has 0 spiro atoms. The molecule has 1 atom stereocenters. The van der Waals surface area contributed by atoms with Gasteiger partial charge < -0.3 is 9.15 Å². The smallest absolute Gasteiger partial charge is 0.311 e. The van der Waals surface area contributed by atoms with Crippen molar-refractivity contribution in [3.8, 4) is 17.2 Å². The highest BCUT2D eigenvalue weighted by molar-refractivity contribution is 9.09. The van der Waals surface area contributed by atoms with E-state index in [1.165, 1.54) is 13.2 Å². The van der Waals surface area contributed by atoms with Crippen molar-refractivity contribution in [2.75, 3.05) is 7.11 Å². The van der Waals surface area contributed by atoms with Gasteiger partial charge >= 0.3 is 5.69 Å². The van der Waals surface area contributed by atoms with Crippen LogP contribution in [-0.2, 0) is 0 Å². The van der Waals surface area contributed by atoms with Crippen LogP contribution in [0, 0.1) is 10.1 Å². The van der Waals surface area contributed by atoms with E-state index in [1.54, 1.807) is 12.1 Å². The average molecular weight is 342 g/mol. The summed E-state index contributed by atoms with van der Waals surface area (Å²) in [5.41, 5.74) is 0.256. The van der Waals surface area contributed by atoms with Crippen LogP contribution in [0.3, 0.4) is 0 Å². The zero-order chi connectivity index (χ0) is 14.7. The highest BCUT2D eigenvalue weighted by Crippen LogP contribution is 2.38. The van der Waals surface area contributed by atoms with Gasteiger partial charge in [-0.2, -0.15) is 0 Å². The number of halogens is 1. The molecule has 0 fully saturated rings. The van der Waals surface area contributed by atoms with E-state index in [1.807, 2.05) is 6.92 Å². The quantitative estimate of drug-likeness (QED) is 0.469. The fourth-order valence-corrected chi connectivity index (χ4v) is 1.88. The number of ether oxygens (including phenoxy) is 1. The second-order valence-corrected chi connectivity index (χ2v) is 5.04. The zero-order valence-electron chi connectivity index (χ0n) is 10.9. The third-order valence-electron chi connectivity index (χ3n) is 2.69. The van der Waals surface area contributed by atoms with Crippen molar-refractivity contribution < 1.29 is 14.1 Å². The number of methoxy groups -OCH3 is 1. The van der Waals surface area contributed by atoms with Crippen LogP contribution in [0.15, 0.2) is 22.6 Å². The van der Waals surface area contributed by atoms with Crippen molar-refractivity contribution in [2.24, 2.45) is 0 Å². The molecule has 8 heteroatoms. The molecule has 1 aromatic heterocycles. The van der Waals surface area contributed by atoms with Gasteiger partial charge in [-0.05, 0) is 12.5 Å². The molecule has 0 saturated heterocycles. The molecule has 1 aromatic carbocycles. The molecule has 0 aliphatic heterocycles. The minimum Gasteiger partial charge on any atom is -0.490 e. The predicted octanol–water partition coefficient (Wildman–Crippen LogP) is 3.50. The maximum atomic E-state index is 11.0. The lowest BCUT2D eigenvalue weighted by molar-refractivity contribution is -0.385. The van der Waals surface area contributed by atoms with E-state index in [-0.39, 0.29) is 22.2 Å². The van der Waals surface area contributed by atoms with E-state index in [9.17, 15) is 10.1 Å². The standard InChI is InChI=1S/C12H12BrN3O4/c1-3-8(13)12-15-14-11(20-12)7-5-4-6-9(16(17)18)10(7)19-2/h4-6,8H,3H2,1-2H3. The summed E-state index contributed by atoms with van der Waals surface area (Å²) in [7, 11) is 1.36. The summed E-state index contributed by atoms with van der Waals surface area (Å²) < 4.78 is 10.6. The van der Waals surface area contributed by atoms with Crippen molar-refractivity contribution in [2.45, 2.75) is 18.2 Å². The van der Waals surface area contributed by atoms with E-state index in [4.69, 9.17) is 9.15 Å². The van der Waals surface area contributed by atoms with E-state index in [2.05, 4.69) is 26.1 Å². The maximum absolute atomic E-state index is 11.0. The van der Waals surface area contributed by atoms with Gasteiger partial charge in [-0.3, -0.25) is 10.1 Å². The number of rotatable bonds is 5. The minimum absolute atomic E-state index is 0.0477. The van der Waals surface area contributed by atoms with Gasteiger partial charge in [0.05, 0.1) is 22.4 Å². The number of para-hydroxylation sites is 1. The maximum Gasteiger partial charge on any atom is 0.311 e. The molecule has 1 heterocycles. The Bertz CT molecular complexity index is 629. The average Bonchev–Trinajstić information content (AvgIpc) is 2.95. The fourth-order valence-electron chi connectivity index (χ4n) is 1.70. The molecule has 0 amide bonds. The summed E-state index contributed by atoms with van der Waals surface area (Å²) in [5, 5.41) is 18.8. The van der Waals surface area contributed by atoms with Crippen LogP contribution in [0.1, 0.15) is 24.1 Å². The molecule has 0 N–H and O–H groups in total. The topological polar surface area (TPSA) is 91.3 Å². The molecule has 2 rings (SSSR count). The lowest BCUT2D eigenvalue weighted by atomic mass is 10.1. The van der Waals surface area contributed by atoms with E-state index in [0.29, 0.717) is 11.5 Å². The number of alkyl halides is 1. The molecule has 1 unspecified atom stereocenters. The number of hydrogen-bond acceptors (Lipinski definition) is 6. The van der Waals surface area contributed by atoms with Gasteiger partial charge in [-0.25, -0.2) is 0 Å². The number of nitro benzene ring substituents is 1. The van der Waals surface area contributed by atoms with Crippen LogP contribution in [-0.4, -0.2) is 22.2 Å². The Morgan fingerprint density at radius 1 is 1.50 bits per heavy atom. The van der Waals surface area contributed by atoms with Crippen LogP contribution < -0.4 is 4.74 Å². The molecule has 7 nitrogen and oxygen atoms in total. The first-order chi connectivity index (χ1) is 9.58. The molecular formula is C12H12BrN3O4. The summed E-state index contributed by atoms with van der Waals surface area (Å²) in [6.07, 6.45) is 0.785. The summed E-state index contributed by atoms with van der Waals surface area (Å²) in [6.45, 7) is 1.97. The van der Waals surface area contributed by atoms with Crippen LogP contribution in [0.25, 0.3) is 11.5 Å². The number of nitro groups is 1. The molecule has 0 radical (unpaired) electrons. The Labute approximate surface area is 123 Å². The first-order valence-corrected chi connectivity index (χ1v) is 6.79.